The minimum absolute atomic E-state index is 0.817. The second kappa shape index (κ2) is 2.71. The zero-order chi connectivity index (χ0) is 8.55. The van der Waals surface area contributed by atoms with Crippen molar-refractivity contribution in [1.82, 2.24) is 8.96 Å². The second-order valence-corrected chi connectivity index (χ2v) is 2.84. The highest BCUT2D eigenvalue weighted by Crippen LogP contribution is 2.24. The Morgan fingerprint density at radius 1 is 1.50 bits per heavy atom. The van der Waals surface area contributed by atoms with Crippen LogP contribution in [0.25, 0.3) is 11.0 Å². The zero-order valence-electron chi connectivity index (χ0n) is 6.56. The SMILES string of the molecule is COc1ccnc2c1ccn2S. The molecule has 2 aromatic heterocycles. The van der Waals surface area contributed by atoms with E-state index in [1.165, 1.54) is 0 Å². The molecule has 0 atom stereocenters. The van der Waals surface area contributed by atoms with Gasteiger partial charge in [-0.3, -0.25) is 3.97 Å². The first-order valence-electron chi connectivity index (χ1n) is 3.52. The van der Waals surface area contributed by atoms with Gasteiger partial charge in [-0.2, -0.15) is 0 Å². The van der Waals surface area contributed by atoms with E-state index in [2.05, 4.69) is 17.8 Å². The fourth-order valence-electron chi connectivity index (χ4n) is 1.18. The maximum absolute atomic E-state index is 5.15. The van der Waals surface area contributed by atoms with Crippen LogP contribution in [0.2, 0.25) is 0 Å². The molecular weight excluding hydrogens is 172 g/mol. The number of aromatic nitrogens is 2. The molecule has 0 radical (unpaired) electrons. The Kier molecular flexibility index (Phi) is 1.69. The smallest absolute Gasteiger partial charge is 0.153 e. The van der Waals surface area contributed by atoms with Gasteiger partial charge in [0.25, 0.3) is 0 Å². The summed E-state index contributed by atoms with van der Waals surface area (Å²) in [5.74, 6) is 0.827. The summed E-state index contributed by atoms with van der Waals surface area (Å²) < 4.78 is 6.82. The Balaban J connectivity index is 2.81. The number of hydrogen-bond donors (Lipinski definition) is 1. The van der Waals surface area contributed by atoms with Crippen LogP contribution < -0.4 is 4.74 Å². The zero-order valence-corrected chi connectivity index (χ0v) is 7.45. The number of pyridine rings is 1. The summed E-state index contributed by atoms with van der Waals surface area (Å²) in [6, 6.07) is 3.75. The predicted molar refractivity (Wildman–Crippen MR) is 50.7 cm³/mol. The van der Waals surface area contributed by atoms with Gasteiger partial charge in [0.05, 0.1) is 12.5 Å². The summed E-state index contributed by atoms with van der Waals surface area (Å²) in [7, 11) is 1.64. The van der Waals surface area contributed by atoms with Gasteiger partial charge in [-0.05, 0) is 12.1 Å². The molecule has 2 aromatic rings. The first-order valence-corrected chi connectivity index (χ1v) is 3.92. The van der Waals surface area contributed by atoms with Crippen LogP contribution in [0.1, 0.15) is 0 Å². The molecule has 2 heterocycles. The number of ether oxygens (including phenoxy) is 1. The van der Waals surface area contributed by atoms with Gasteiger partial charge in [-0.25, -0.2) is 4.98 Å². The molecule has 2 rings (SSSR count). The monoisotopic (exact) mass is 180 g/mol. The van der Waals surface area contributed by atoms with Gasteiger partial charge < -0.3 is 4.74 Å². The predicted octanol–water partition coefficient (Wildman–Crippen LogP) is 1.74. The third-order valence-electron chi connectivity index (χ3n) is 1.75. The van der Waals surface area contributed by atoms with Crippen LogP contribution in [0.4, 0.5) is 0 Å². The van der Waals surface area contributed by atoms with Crippen molar-refractivity contribution < 1.29 is 4.74 Å². The molecule has 0 aromatic carbocycles. The molecule has 4 heteroatoms. The summed E-state index contributed by atoms with van der Waals surface area (Å²) in [5.41, 5.74) is 0.817. The van der Waals surface area contributed by atoms with Gasteiger partial charge >= 0.3 is 0 Å². The van der Waals surface area contributed by atoms with E-state index in [0.717, 1.165) is 16.8 Å². The van der Waals surface area contributed by atoms with Crippen molar-refractivity contribution >= 4 is 23.8 Å². The van der Waals surface area contributed by atoms with Crippen LogP contribution in [0.3, 0.4) is 0 Å². The number of hydrogen-bond acceptors (Lipinski definition) is 3. The number of rotatable bonds is 1. The van der Waals surface area contributed by atoms with Gasteiger partial charge in [0.1, 0.15) is 5.75 Å². The molecule has 0 fully saturated rings. The van der Waals surface area contributed by atoms with Crippen molar-refractivity contribution in [3.63, 3.8) is 0 Å². The lowest BCUT2D eigenvalue weighted by molar-refractivity contribution is 0.419. The summed E-state index contributed by atoms with van der Waals surface area (Å²) in [6.45, 7) is 0. The highest BCUT2D eigenvalue weighted by atomic mass is 32.1. The van der Waals surface area contributed by atoms with E-state index >= 15 is 0 Å². The molecular formula is C8H8N2OS. The molecule has 0 aliphatic rings. The van der Waals surface area contributed by atoms with E-state index in [4.69, 9.17) is 4.74 Å². The molecule has 0 saturated carbocycles. The Labute approximate surface area is 75.5 Å². The molecule has 0 amide bonds. The first-order chi connectivity index (χ1) is 5.83. The lowest BCUT2D eigenvalue weighted by Crippen LogP contribution is -1.86. The van der Waals surface area contributed by atoms with Crippen LogP contribution in [0.15, 0.2) is 24.5 Å². The van der Waals surface area contributed by atoms with Crippen molar-refractivity contribution in [2.24, 2.45) is 0 Å². The standard InChI is InChI=1S/C8H8N2OS/c1-11-7-2-4-9-8-6(7)3-5-10(8)12/h2-5,12H,1H3. The lowest BCUT2D eigenvalue weighted by atomic mass is 10.3. The largest absolute Gasteiger partial charge is 0.496 e. The van der Waals surface area contributed by atoms with E-state index in [1.54, 1.807) is 17.3 Å². The maximum atomic E-state index is 5.15. The number of thiol groups is 1. The normalized spacial score (nSPS) is 10.5. The van der Waals surface area contributed by atoms with E-state index in [-0.39, 0.29) is 0 Å². The van der Waals surface area contributed by atoms with Crippen LogP contribution in [-0.4, -0.2) is 16.1 Å². The average molecular weight is 180 g/mol. The summed E-state index contributed by atoms with van der Waals surface area (Å²) in [6.07, 6.45) is 3.54. The average Bonchev–Trinajstić information content (AvgIpc) is 2.48. The molecule has 0 N–H and O–H groups in total. The van der Waals surface area contributed by atoms with Crippen molar-refractivity contribution in [3.8, 4) is 5.75 Å². The Bertz CT molecular complexity index is 410. The van der Waals surface area contributed by atoms with E-state index in [9.17, 15) is 0 Å². The van der Waals surface area contributed by atoms with Crippen molar-refractivity contribution in [2.45, 2.75) is 0 Å². The Morgan fingerprint density at radius 3 is 3.08 bits per heavy atom. The third-order valence-corrected chi connectivity index (χ3v) is 2.07. The molecule has 62 valence electrons. The Morgan fingerprint density at radius 2 is 2.33 bits per heavy atom. The molecule has 0 aliphatic carbocycles. The maximum Gasteiger partial charge on any atom is 0.153 e. The molecule has 0 unspecified atom stereocenters. The quantitative estimate of drug-likeness (QED) is 0.677. The van der Waals surface area contributed by atoms with Crippen LogP contribution in [0, 0.1) is 0 Å². The van der Waals surface area contributed by atoms with E-state index < -0.39 is 0 Å². The molecule has 0 spiro atoms. The number of nitrogens with zero attached hydrogens (tertiary/aromatic N) is 2. The summed E-state index contributed by atoms with van der Waals surface area (Å²) in [5, 5.41) is 0.981. The van der Waals surface area contributed by atoms with Gasteiger partial charge in [0.2, 0.25) is 0 Å². The van der Waals surface area contributed by atoms with Gasteiger partial charge in [-0.15, -0.1) is 0 Å². The highest BCUT2D eigenvalue weighted by Gasteiger charge is 2.03. The number of fused-ring (bicyclic) bond motifs is 1. The summed E-state index contributed by atoms with van der Waals surface area (Å²) >= 11 is 4.19. The lowest BCUT2D eigenvalue weighted by Gasteiger charge is -2.00. The van der Waals surface area contributed by atoms with E-state index in [0.29, 0.717) is 0 Å². The molecule has 0 saturated heterocycles. The fourth-order valence-corrected chi connectivity index (χ4v) is 1.40. The van der Waals surface area contributed by atoms with Gasteiger partial charge in [0, 0.05) is 12.4 Å². The summed E-state index contributed by atoms with van der Waals surface area (Å²) in [4.78, 5) is 4.16. The van der Waals surface area contributed by atoms with Crippen molar-refractivity contribution in [3.05, 3.63) is 24.5 Å². The van der Waals surface area contributed by atoms with Crippen LogP contribution in [0.5, 0.6) is 5.75 Å². The van der Waals surface area contributed by atoms with E-state index in [1.807, 2.05) is 18.3 Å². The number of methoxy groups -OCH3 is 1. The van der Waals surface area contributed by atoms with Gasteiger partial charge in [-0.1, -0.05) is 12.8 Å². The molecule has 0 aliphatic heterocycles. The topological polar surface area (TPSA) is 27.1 Å². The van der Waals surface area contributed by atoms with Gasteiger partial charge in [0.15, 0.2) is 5.65 Å². The minimum atomic E-state index is 0.817. The van der Waals surface area contributed by atoms with Crippen molar-refractivity contribution in [2.75, 3.05) is 7.11 Å². The Hall–Kier alpha value is -1.16. The van der Waals surface area contributed by atoms with Crippen LogP contribution in [-0.2, 0) is 0 Å². The second-order valence-electron chi connectivity index (χ2n) is 2.41. The van der Waals surface area contributed by atoms with Crippen LogP contribution >= 0.6 is 12.8 Å². The highest BCUT2D eigenvalue weighted by molar-refractivity contribution is 7.78. The molecule has 3 nitrogen and oxygen atoms in total. The molecule has 12 heavy (non-hydrogen) atoms. The third kappa shape index (κ3) is 0.956. The fraction of sp³-hybridized carbons (Fsp3) is 0.125. The molecule has 0 bridgehead atoms. The first kappa shape index (κ1) is 7.49. The van der Waals surface area contributed by atoms with Crippen molar-refractivity contribution in [1.29, 1.82) is 0 Å². The minimum Gasteiger partial charge on any atom is -0.496 e.